The quantitative estimate of drug-likeness (QED) is 0.746. The number of hydrogen-bond acceptors (Lipinski definition) is 2. The number of rotatable bonds is 3. The van der Waals surface area contributed by atoms with E-state index in [9.17, 15) is 4.79 Å². The van der Waals surface area contributed by atoms with E-state index >= 15 is 0 Å². The highest BCUT2D eigenvalue weighted by Gasteiger charge is 2.30. The van der Waals surface area contributed by atoms with Crippen LogP contribution >= 0.6 is 0 Å². The molecular weight excluding hydrogens is 288 g/mol. The fraction of sp³-hybridized carbons (Fsp3) is 0.333. The molecule has 23 heavy (non-hydrogen) atoms. The Labute approximate surface area is 135 Å². The van der Waals surface area contributed by atoms with Gasteiger partial charge in [0.05, 0.1) is 12.6 Å². The molecule has 1 amide bonds. The van der Waals surface area contributed by atoms with Gasteiger partial charge >= 0.3 is 0 Å². The topological polar surface area (TPSA) is 43.1 Å². The Hall–Kier alpha value is -2.56. The van der Waals surface area contributed by atoms with E-state index in [4.69, 9.17) is 0 Å². The summed E-state index contributed by atoms with van der Waals surface area (Å²) >= 11 is 0. The van der Waals surface area contributed by atoms with Gasteiger partial charge in [-0.3, -0.25) is 9.48 Å². The summed E-state index contributed by atoms with van der Waals surface area (Å²) in [5.41, 5.74) is 1.90. The normalized spacial score (nSPS) is 18.0. The number of nitrogens with zero attached hydrogens (tertiary/aromatic N) is 4. The molecule has 0 saturated carbocycles. The van der Waals surface area contributed by atoms with Crippen LogP contribution in [0.15, 0.2) is 48.9 Å². The average Bonchev–Trinajstić information content (AvgIpc) is 3.29. The van der Waals surface area contributed by atoms with Gasteiger partial charge in [0, 0.05) is 48.6 Å². The van der Waals surface area contributed by atoms with Crippen LogP contribution in [0.5, 0.6) is 0 Å². The molecule has 5 heteroatoms. The van der Waals surface area contributed by atoms with E-state index in [0.717, 1.165) is 42.4 Å². The lowest BCUT2D eigenvalue weighted by molar-refractivity contribution is 0.0723. The largest absolute Gasteiger partial charge is 0.351 e. The van der Waals surface area contributed by atoms with Gasteiger partial charge < -0.3 is 9.47 Å². The molecule has 1 aliphatic heterocycles. The highest BCUT2D eigenvalue weighted by Crippen LogP contribution is 2.25. The van der Waals surface area contributed by atoms with Crippen LogP contribution in [0, 0.1) is 0 Å². The van der Waals surface area contributed by atoms with E-state index in [-0.39, 0.29) is 11.9 Å². The molecule has 118 valence electrons. The second kappa shape index (κ2) is 5.57. The summed E-state index contributed by atoms with van der Waals surface area (Å²) in [5.74, 6) is 0.136. The highest BCUT2D eigenvalue weighted by atomic mass is 16.2. The van der Waals surface area contributed by atoms with Crippen molar-refractivity contribution in [1.82, 2.24) is 19.2 Å². The Morgan fingerprint density at radius 3 is 3.00 bits per heavy atom. The lowest BCUT2D eigenvalue weighted by Gasteiger charge is -2.25. The summed E-state index contributed by atoms with van der Waals surface area (Å²) in [6, 6.07) is 10.1. The first-order valence-corrected chi connectivity index (χ1v) is 8.06. The Kier molecular flexibility index (Phi) is 3.41. The number of benzene rings is 1. The van der Waals surface area contributed by atoms with E-state index in [1.54, 1.807) is 6.20 Å². The van der Waals surface area contributed by atoms with Crippen molar-refractivity contribution in [2.45, 2.75) is 25.4 Å². The Bertz CT molecular complexity index is 834. The van der Waals surface area contributed by atoms with Crippen LogP contribution in [0.4, 0.5) is 0 Å². The van der Waals surface area contributed by atoms with E-state index in [1.807, 2.05) is 53.3 Å². The highest BCUT2D eigenvalue weighted by molar-refractivity contribution is 6.06. The van der Waals surface area contributed by atoms with E-state index in [1.165, 1.54) is 0 Å². The van der Waals surface area contributed by atoms with Gasteiger partial charge in [-0.15, -0.1) is 0 Å². The van der Waals surface area contributed by atoms with Crippen molar-refractivity contribution in [3.63, 3.8) is 0 Å². The first-order chi connectivity index (χ1) is 11.2. The number of aromatic nitrogens is 3. The Balaban J connectivity index is 1.64. The van der Waals surface area contributed by atoms with Crippen molar-refractivity contribution in [2.75, 3.05) is 6.54 Å². The third kappa shape index (κ3) is 2.42. The van der Waals surface area contributed by atoms with Gasteiger partial charge in [-0.05, 0) is 37.1 Å². The Morgan fingerprint density at radius 2 is 2.17 bits per heavy atom. The smallest absolute Gasteiger partial charge is 0.254 e. The summed E-state index contributed by atoms with van der Waals surface area (Å²) in [4.78, 5) is 15.1. The molecule has 0 unspecified atom stereocenters. The van der Waals surface area contributed by atoms with Gasteiger partial charge in [-0.2, -0.15) is 5.10 Å². The fourth-order valence-corrected chi connectivity index (χ4v) is 3.56. The molecule has 1 aliphatic rings. The summed E-state index contributed by atoms with van der Waals surface area (Å²) in [6.45, 7) is 1.59. The zero-order valence-corrected chi connectivity index (χ0v) is 13.2. The maximum atomic E-state index is 13.1. The molecule has 0 aliphatic carbocycles. The second-order valence-corrected chi connectivity index (χ2v) is 6.19. The van der Waals surface area contributed by atoms with Crippen LogP contribution in [0.25, 0.3) is 10.9 Å². The number of fused-ring (bicyclic) bond motifs is 1. The molecular formula is C18H20N4O. The first-order valence-electron chi connectivity index (χ1n) is 8.06. The maximum Gasteiger partial charge on any atom is 0.254 e. The Morgan fingerprint density at radius 1 is 1.26 bits per heavy atom. The summed E-state index contributed by atoms with van der Waals surface area (Å²) < 4.78 is 3.97. The monoisotopic (exact) mass is 308 g/mol. The van der Waals surface area contributed by atoms with Crippen molar-refractivity contribution in [3.8, 4) is 0 Å². The minimum atomic E-state index is 0.136. The summed E-state index contributed by atoms with van der Waals surface area (Å²) in [7, 11) is 2.01. The number of likely N-dealkylation sites (tertiary alicyclic amines) is 1. The minimum absolute atomic E-state index is 0.136. The van der Waals surface area contributed by atoms with Gasteiger partial charge in [-0.25, -0.2) is 0 Å². The summed E-state index contributed by atoms with van der Waals surface area (Å²) in [5, 5.41) is 5.31. The number of carbonyl (C=O) groups excluding carboxylic acids is 1. The second-order valence-electron chi connectivity index (χ2n) is 6.19. The number of hydrogen-bond donors (Lipinski definition) is 0. The van der Waals surface area contributed by atoms with Crippen molar-refractivity contribution in [3.05, 3.63) is 54.5 Å². The SMILES string of the molecule is Cn1ccc2c(C(=O)N3CCC[C@H]3Cn3cccn3)cccc21. The number of amides is 1. The van der Waals surface area contributed by atoms with Crippen LogP contribution in [0.2, 0.25) is 0 Å². The molecule has 4 rings (SSSR count). The predicted octanol–water partition coefficient (Wildman–Crippen LogP) is 2.68. The van der Waals surface area contributed by atoms with Crippen LogP contribution < -0.4 is 0 Å². The molecule has 0 N–H and O–H groups in total. The van der Waals surface area contributed by atoms with Crippen molar-refractivity contribution >= 4 is 16.8 Å². The molecule has 3 heterocycles. The van der Waals surface area contributed by atoms with Gasteiger partial charge in [0.15, 0.2) is 0 Å². The average molecular weight is 308 g/mol. The molecule has 1 fully saturated rings. The molecule has 0 spiro atoms. The maximum absolute atomic E-state index is 13.1. The van der Waals surface area contributed by atoms with Crippen LogP contribution in [-0.4, -0.2) is 37.7 Å². The third-order valence-corrected chi connectivity index (χ3v) is 4.75. The van der Waals surface area contributed by atoms with Crippen LogP contribution in [-0.2, 0) is 13.6 Å². The molecule has 5 nitrogen and oxygen atoms in total. The lowest BCUT2D eigenvalue weighted by Crippen LogP contribution is -2.38. The predicted molar refractivity (Wildman–Crippen MR) is 89.2 cm³/mol. The van der Waals surface area contributed by atoms with Gasteiger partial charge in [-0.1, -0.05) is 6.07 Å². The van der Waals surface area contributed by atoms with Crippen molar-refractivity contribution in [2.24, 2.45) is 7.05 Å². The number of carbonyl (C=O) groups is 1. The molecule has 1 saturated heterocycles. The standard InChI is InChI=1S/C18H20N4O/c1-20-12-8-15-16(6-2-7-17(15)20)18(23)22-11-3-5-14(22)13-21-10-4-9-19-21/h2,4,6-10,12,14H,3,5,11,13H2,1H3/t14-/m0/s1. The van der Waals surface area contributed by atoms with E-state index in [0.29, 0.717) is 0 Å². The van der Waals surface area contributed by atoms with E-state index < -0.39 is 0 Å². The third-order valence-electron chi connectivity index (χ3n) is 4.75. The lowest BCUT2D eigenvalue weighted by atomic mass is 10.1. The van der Waals surface area contributed by atoms with Gasteiger partial charge in [0.25, 0.3) is 5.91 Å². The van der Waals surface area contributed by atoms with Gasteiger partial charge in [0.2, 0.25) is 0 Å². The zero-order valence-electron chi connectivity index (χ0n) is 13.2. The molecule has 1 atom stereocenters. The van der Waals surface area contributed by atoms with E-state index in [2.05, 4.69) is 15.7 Å². The number of aryl methyl sites for hydroxylation is 1. The zero-order chi connectivity index (χ0) is 15.8. The molecule has 2 aromatic heterocycles. The van der Waals surface area contributed by atoms with Crippen LogP contribution in [0.3, 0.4) is 0 Å². The molecule has 0 radical (unpaired) electrons. The van der Waals surface area contributed by atoms with Crippen molar-refractivity contribution < 1.29 is 4.79 Å². The first kappa shape index (κ1) is 14.1. The minimum Gasteiger partial charge on any atom is -0.351 e. The molecule has 0 bridgehead atoms. The molecule has 1 aromatic carbocycles. The molecule has 3 aromatic rings. The fourth-order valence-electron chi connectivity index (χ4n) is 3.56. The van der Waals surface area contributed by atoms with Crippen LogP contribution in [0.1, 0.15) is 23.2 Å². The summed E-state index contributed by atoms with van der Waals surface area (Å²) in [6.07, 6.45) is 7.84. The van der Waals surface area contributed by atoms with Crippen molar-refractivity contribution in [1.29, 1.82) is 0 Å². The van der Waals surface area contributed by atoms with Gasteiger partial charge in [0.1, 0.15) is 0 Å².